The zero-order chi connectivity index (χ0) is 15.8. The zero-order valence-electron chi connectivity index (χ0n) is 10.8. The summed E-state index contributed by atoms with van der Waals surface area (Å²) in [6.07, 6.45) is 0. The number of aryl methyl sites for hydroxylation is 1. The minimum atomic E-state index is -3.80. The van der Waals surface area contributed by atoms with Crippen LogP contribution in [-0.4, -0.2) is 8.42 Å². The van der Waals surface area contributed by atoms with Crippen molar-refractivity contribution in [1.82, 2.24) is 0 Å². The molecule has 4 nitrogen and oxygen atoms in total. The Morgan fingerprint density at radius 3 is 2.24 bits per heavy atom. The fraction of sp³-hybridized carbons (Fsp3) is 0.167. The summed E-state index contributed by atoms with van der Waals surface area (Å²) in [5.74, 6) is 0. The number of benzene rings is 1. The molecule has 0 atom stereocenters. The highest BCUT2D eigenvalue weighted by Crippen LogP contribution is 2.36. The second kappa shape index (κ2) is 6.32. The molecular formula is C12H11Cl3N2O2S2. The van der Waals surface area contributed by atoms with E-state index in [1.165, 1.54) is 23.5 Å². The van der Waals surface area contributed by atoms with Gasteiger partial charge in [0.15, 0.2) is 0 Å². The molecule has 1 aromatic heterocycles. The Labute approximate surface area is 141 Å². The molecule has 3 N–H and O–H groups in total. The normalized spacial score (nSPS) is 11.7. The van der Waals surface area contributed by atoms with Crippen molar-refractivity contribution in [3.05, 3.63) is 43.0 Å². The van der Waals surface area contributed by atoms with Crippen molar-refractivity contribution in [2.45, 2.75) is 18.4 Å². The van der Waals surface area contributed by atoms with E-state index in [0.717, 1.165) is 4.88 Å². The zero-order valence-corrected chi connectivity index (χ0v) is 14.7. The van der Waals surface area contributed by atoms with E-state index < -0.39 is 10.0 Å². The van der Waals surface area contributed by atoms with Crippen LogP contribution in [0, 0.1) is 6.92 Å². The Kier molecular flexibility index (Phi) is 5.07. The van der Waals surface area contributed by atoms with E-state index in [9.17, 15) is 8.42 Å². The molecule has 0 fully saturated rings. The third kappa shape index (κ3) is 3.64. The van der Waals surface area contributed by atoms with Gasteiger partial charge in [0.05, 0.1) is 15.7 Å². The van der Waals surface area contributed by atoms with Crippen LogP contribution in [0.5, 0.6) is 0 Å². The van der Waals surface area contributed by atoms with Crippen LogP contribution in [0.2, 0.25) is 15.1 Å². The molecule has 0 saturated carbocycles. The maximum Gasteiger partial charge on any atom is 0.263 e. The van der Waals surface area contributed by atoms with Gasteiger partial charge in [0.1, 0.15) is 4.90 Å². The van der Waals surface area contributed by atoms with E-state index in [4.69, 9.17) is 40.5 Å². The van der Waals surface area contributed by atoms with Gasteiger partial charge in [-0.05, 0) is 25.1 Å². The van der Waals surface area contributed by atoms with Gasteiger partial charge in [-0.25, -0.2) is 8.42 Å². The van der Waals surface area contributed by atoms with Gasteiger partial charge in [-0.3, -0.25) is 4.72 Å². The number of hydrogen-bond donors (Lipinski definition) is 2. The SMILES string of the molecule is Cc1sc(CN)cc1S(=O)(=O)Nc1c(Cl)cc(Cl)cc1Cl. The highest BCUT2D eigenvalue weighted by Gasteiger charge is 2.22. The van der Waals surface area contributed by atoms with Crippen molar-refractivity contribution in [3.8, 4) is 0 Å². The van der Waals surface area contributed by atoms with Crippen molar-refractivity contribution in [1.29, 1.82) is 0 Å². The van der Waals surface area contributed by atoms with E-state index >= 15 is 0 Å². The molecule has 0 aliphatic carbocycles. The van der Waals surface area contributed by atoms with Crippen LogP contribution in [-0.2, 0) is 16.6 Å². The summed E-state index contributed by atoms with van der Waals surface area (Å²) < 4.78 is 27.3. The lowest BCUT2D eigenvalue weighted by atomic mass is 10.3. The summed E-state index contributed by atoms with van der Waals surface area (Å²) in [6, 6.07) is 4.37. The largest absolute Gasteiger partial charge is 0.326 e. The first kappa shape index (κ1) is 16.9. The quantitative estimate of drug-likeness (QED) is 0.825. The van der Waals surface area contributed by atoms with Crippen LogP contribution in [0.4, 0.5) is 5.69 Å². The van der Waals surface area contributed by atoms with Gasteiger partial charge >= 0.3 is 0 Å². The molecule has 0 bridgehead atoms. The van der Waals surface area contributed by atoms with Crippen LogP contribution >= 0.6 is 46.1 Å². The molecule has 21 heavy (non-hydrogen) atoms. The standard InChI is InChI=1S/C12H11Cl3N2O2S2/c1-6-11(4-8(5-16)20-6)21(18,19)17-12-9(14)2-7(13)3-10(12)15/h2-4,17H,5,16H2,1H3. The lowest BCUT2D eigenvalue weighted by Gasteiger charge is -2.11. The molecule has 2 aromatic rings. The van der Waals surface area contributed by atoms with Crippen molar-refractivity contribution < 1.29 is 8.42 Å². The number of thiophene rings is 1. The van der Waals surface area contributed by atoms with E-state index in [2.05, 4.69) is 4.72 Å². The summed E-state index contributed by atoms with van der Waals surface area (Å²) in [5.41, 5.74) is 5.63. The smallest absolute Gasteiger partial charge is 0.263 e. The summed E-state index contributed by atoms with van der Waals surface area (Å²) >= 11 is 19.1. The minimum absolute atomic E-state index is 0.0997. The predicted octanol–water partition coefficient (Wildman–Crippen LogP) is 4.28. The Hall–Kier alpha value is -0.500. The monoisotopic (exact) mass is 384 g/mol. The third-order valence-corrected chi connectivity index (χ3v) is 6.15. The van der Waals surface area contributed by atoms with Gasteiger partial charge < -0.3 is 5.73 Å². The summed E-state index contributed by atoms with van der Waals surface area (Å²) in [7, 11) is -3.80. The van der Waals surface area contributed by atoms with Crippen molar-refractivity contribution >= 4 is 61.9 Å². The summed E-state index contributed by atoms with van der Waals surface area (Å²) in [6.45, 7) is 1.99. The van der Waals surface area contributed by atoms with E-state index in [-0.39, 0.29) is 27.2 Å². The van der Waals surface area contributed by atoms with Gasteiger partial charge in [0.2, 0.25) is 0 Å². The predicted molar refractivity (Wildman–Crippen MR) is 89.2 cm³/mol. The van der Waals surface area contributed by atoms with Gasteiger partial charge in [-0.1, -0.05) is 34.8 Å². The molecule has 0 unspecified atom stereocenters. The third-order valence-electron chi connectivity index (χ3n) is 2.66. The number of rotatable bonds is 4. The molecule has 0 aliphatic heterocycles. The van der Waals surface area contributed by atoms with Crippen LogP contribution in [0.15, 0.2) is 23.1 Å². The lowest BCUT2D eigenvalue weighted by Crippen LogP contribution is -2.14. The van der Waals surface area contributed by atoms with Gasteiger partial charge in [-0.2, -0.15) is 0 Å². The highest BCUT2D eigenvalue weighted by atomic mass is 35.5. The number of sulfonamides is 1. The first-order chi connectivity index (χ1) is 9.74. The van der Waals surface area contributed by atoms with E-state index in [1.807, 2.05) is 0 Å². The average Bonchev–Trinajstić information content (AvgIpc) is 2.76. The average molecular weight is 386 g/mol. The molecule has 1 aromatic carbocycles. The van der Waals surface area contributed by atoms with Crippen LogP contribution in [0.3, 0.4) is 0 Å². The first-order valence-corrected chi connectivity index (χ1v) is 9.14. The summed E-state index contributed by atoms with van der Waals surface area (Å²) in [5, 5.41) is 0.580. The topological polar surface area (TPSA) is 72.2 Å². The molecule has 0 spiro atoms. The lowest BCUT2D eigenvalue weighted by molar-refractivity contribution is 0.601. The number of halogens is 3. The van der Waals surface area contributed by atoms with Crippen molar-refractivity contribution in [2.75, 3.05) is 4.72 Å². The van der Waals surface area contributed by atoms with Crippen molar-refractivity contribution in [3.63, 3.8) is 0 Å². The van der Waals surface area contributed by atoms with Crippen LogP contribution in [0.1, 0.15) is 9.75 Å². The van der Waals surface area contributed by atoms with Crippen LogP contribution in [0.25, 0.3) is 0 Å². The fourth-order valence-electron chi connectivity index (χ4n) is 1.72. The number of nitrogens with one attached hydrogen (secondary N) is 1. The summed E-state index contributed by atoms with van der Waals surface area (Å²) in [4.78, 5) is 1.58. The number of hydrogen-bond acceptors (Lipinski definition) is 4. The van der Waals surface area contributed by atoms with E-state index in [0.29, 0.717) is 9.90 Å². The van der Waals surface area contributed by atoms with Gasteiger partial charge in [-0.15, -0.1) is 11.3 Å². The maximum absolute atomic E-state index is 12.4. The molecule has 114 valence electrons. The molecule has 1 heterocycles. The second-order valence-corrected chi connectivity index (χ2v) is 8.43. The molecule has 0 radical (unpaired) electrons. The Morgan fingerprint density at radius 2 is 1.76 bits per heavy atom. The molecule has 0 aliphatic rings. The Morgan fingerprint density at radius 1 is 1.19 bits per heavy atom. The van der Waals surface area contributed by atoms with Gasteiger partial charge in [0.25, 0.3) is 10.0 Å². The highest BCUT2D eigenvalue weighted by molar-refractivity contribution is 7.93. The number of anilines is 1. The maximum atomic E-state index is 12.4. The molecule has 9 heteroatoms. The number of nitrogens with two attached hydrogens (primary N) is 1. The minimum Gasteiger partial charge on any atom is -0.326 e. The molecule has 0 amide bonds. The Balaban J connectivity index is 2.44. The van der Waals surface area contributed by atoms with Crippen LogP contribution < -0.4 is 10.5 Å². The fourth-order valence-corrected chi connectivity index (χ4v) is 5.36. The van der Waals surface area contributed by atoms with E-state index in [1.54, 1.807) is 13.0 Å². The van der Waals surface area contributed by atoms with Gasteiger partial charge in [0, 0.05) is 21.3 Å². The molecule has 2 rings (SSSR count). The second-order valence-electron chi connectivity index (χ2n) is 4.19. The van der Waals surface area contributed by atoms with Crippen molar-refractivity contribution in [2.24, 2.45) is 5.73 Å². The molecule has 0 saturated heterocycles. The molecular weight excluding hydrogens is 375 g/mol. The first-order valence-electron chi connectivity index (χ1n) is 5.71. The Bertz CT molecular complexity index is 765.